The lowest BCUT2D eigenvalue weighted by Crippen LogP contribution is -2.40. The molecule has 206 valence electrons. The summed E-state index contributed by atoms with van der Waals surface area (Å²) in [6.45, 7) is 6.75. The molecule has 1 unspecified atom stereocenters. The molecule has 2 aliphatic carbocycles. The summed E-state index contributed by atoms with van der Waals surface area (Å²) in [5.41, 5.74) is 0.137. The Balaban J connectivity index is 1.28. The van der Waals surface area contributed by atoms with E-state index in [2.05, 4.69) is 17.9 Å². The fourth-order valence-corrected chi connectivity index (χ4v) is 6.76. The first-order valence-electron chi connectivity index (χ1n) is 14.7. The van der Waals surface area contributed by atoms with Crippen molar-refractivity contribution in [2.45, 2.75) is 109 Å². The molecule has 1 saturated heterocycles. The highest BCUT2D eigenvalue weighted by atomic mass is 16.5. The Bertz CT molecular complexity index is 680. The molecule has 7 heteroatoms. The normalized spacial score (nSPS) is 28.8. The van der Waals surface area contributed by atoms with Gasteiger partial charge in [0, 0.05) is 26.1 Å². The van der Waals surface area contributed by atoms with Gasteiger partial charge in [0.15, 0.2) is 0 Å². The van der Waals surface area contributed by atoms with Gasteiger partial charge in [-0.2, -0.15) is 5.26 Å². The summed E-state index contributed by atoms with van der Waals surface area (Å²) in [6, 6.07) is 2.45. The van der Waals surface area contributed by atoms with Gasteiger partial charge in [0.1, 0.15) is 6.61 Å². The number of nitrogens with zero attached hydrogens (tertiary/aromatic N) is 2. The van der Waals surface area contributed by atoms with Crippen LogP contribution in [0.2, 0.25) is 0 Å². The molecule has 1 heterocycles. The fourth-order valence-electron chi connectivity index (χ4n) is 6.76. The summed E-state index contributed by atoms with van der Waals surface area (Å²) >= 11 is 0. The van der Waals surface area contributed by atoms with E-state index in [9.17, 15) is 20.3 Å². The third kappa shape index (κ3) is 8.41. The van der Waals surface area contributed by atoms with Gasteiger partial charge in [0.2, 0.25) is 0 Å². The van der Waals surface area contributed by atoms with Gasteiger partial charge < -0.3 is 19.7 Å². The van der Waals surface area contributed by atoms with Gasteiger partial charge in [-0.25, -0.2) is 0 Å². The molecule has 0 spiro atoms. The molecule has 7 nitrogen and oxygen atoms in total. The molecule has 5 atom stereocenters. The molecule has 3 aliphatic rings. The molecule has 0 aromatic carbocycles. The van der Waals surface area contributed by atoms with E-state index < -0.39 is 6.10 Å². The largest absolute Gasteiger partial charge is 0.464 e. The van der Waals surface area contributed by atoms with Crippen molar-refractivity contribution in [3.63, 3.8) is 0 Å². The van der Waals surface area contributed by atoms with Crippen LogP contribution in [0.4, 0.5) is 0 Å². The molecule has 0 amide bonds. The third-order valence-corrected chi connectivity index (χ3v) is 9.44. The van der Waals surface area contributed by atoms with Crippen LogP contribution in [0.25, 0.3) is 0 Å². The van der Waals surface area contributed by atoms with Crippen molar-refractivity contribution < 1.29 is 24.5 Å². The predicted octanol–water partition coefficient (Wildman–Crippen LogP) is 4.45. The van der Waals surface area contributed by atoms with Gasteiger partial charge in [-0.15, -0.1) is 0 Å². The van der Waals surface area contributed by atoms with Crippen LogP contribution in [-0.4, -0.2) is 72.7 Å². The topological polar surface area (TPSA) is 103 Å². The maximum atomic E-state index is 12.0. The van der Waals surface area contributed by atoms with Gasteiger partial charge >= 0.3 is 5.97 Å². The minimum Gasteiger partial charge on any atom is -0.464 e. The number of esters is 1. The van der Waals surface area contributed by atoms with E-state index in [-0.39, 0.29) is 35.2 Å². The molecule has 0 radical (unpaired) electrons. The SMILES string of the molecule is CCC1(C(O)CCC[C@@H]2[C@@H](CCCCCCC(=O)OCCN3CCOCC3)[C@H](C#N)C[C@H]2O)CCC1. The smallest absolute Gasteiger partial charge is 0.305 e. The van der Waals surface area contributed by atoms with Crippen LogP contribution in [0.1, 0.15) is 96.8 Å². The van der Waals surface area contributed by atoms with Gasteiger partial charge in [-0.1, -0.05) is 39.0 Å². The molecule has 0 aromatic heterocycles. The standard InChI is InChI=1S/C29H50N2O5/c1-2-29(13-8-14-29)27(33)11-7-10-25-24(23(22-30)21-26(25)32)9-5-3-4-6-12-28(34)36-20-17-31-15-18-35-19-16-31/h23-27,32-33H,2-21H2,1H3/t23-,24-,25+,26+,27?/m0/s1. The van der Waals surface area contributed by atoms with Gasteiger partial charge in [-0.05, 0) is 68.6 Å². The summed E-state index contributed by atoms with van der Waals surface area (Å²) < 4.78 is 10.7. The zero-order valence-corrected chi connectivity index (χ0v) is 22.5. The lowest BCUT2D eigenvalue weighted by atomic mass is 9.62. The van der Waals surface area contributed by atoms with Crippen LogP contribution in [0.3, 0.4) is 0 Å². The maximum Gasteiger partial charge on any atom is 0.305 e. The van der Waals surface area contributed by atoms with Crippen molar-refractivity contribution >= 4 is 5.97 Å². The third-order valence-electron chi connectivity index (χ3n) is 9.44. The van der Waals surface area contributed by atoms with E-state index in [1.54, 1.807) is 0 Å². The fraction of sp³-hybridized carbons (Fsp3) is 0.931. The van der Waals surface area contributed by atoms with E-state index in [0.717, 1.165) is 103 Å². The van der Waals surface area contributed by atoms with E-state index in [1.165, 1.54) is 6.42 Å². The molecular formula is C29H50N2O5. The molecule has 36 heavy (non-hydrogen) atoms. The summed E-state index contributed by atoms with van der Waals surface area (Å²) in [7, 11) is 0. The number of carbonyl (C=O) groups is 1. The van der Waals surface area contributed by atoms with Crippen molar-refractivity contribution in [3.05, 3.63) is 0 Å². The van der Waals surface area contributed by atoms with Crippen LogP contribution >= 0.6 is 0 Å². The molecule has 2 saturated carbocycles. The average Bonchev–Trinajstić information content (AvgIpc) is 3.16. The monoisotopic (exact) mass is 506 g/mol. The molecule has 3 fully saturated rings. The Morgan fingerprint density at radius 3 is 2.53 bits per heavy atom. The Labute approximate surface area is 218 Å². The number of nitriles is 1. The number of ether oxygens (including phenoxy) is 2. The number of hydrogen-bond donors (Lipinski definition) is 2. The molecule has 0 aromatic rings. The summed E-state index contributed by atoms with van der Waals surface area (Å²) in [4.78, 5) is 14.3. The number of morpholine rings is 1. The zero-order chi connectivity index (χ0) is 25.8. The minimum absolute atomic E-state index is 0.0648. The molecular weight excluding hydrogens is 456 g/mol. The van der Waals surface area contributed by atoms with Crippen molar-refractivity contribution in [3.8, 4) is 6.07 Å². The second-order valence-electron chi connectivity index (χ2n) is 11.5. The second kappa shape index (κ2) is 15.3. The predicted molar refractivity (Wildman–Crippen MR) is 139 cm³/mol. The number of aliphatic hydroxyl groups is 2. The van der Waals surface area contributed by atoms with Crippen molar-refractivity contribution in [1.29, 1.82) is 5.26 Å². The number of hydrogen-bond acceptors (Lipinski definition) is 7. The first kappa shape index (κ1) is 29.4. The average molecular weight is 507 g/mol. The number of rotatable bonds is 16. The Morgan fingerprint density at radius 1 is 1.14 bits per heavy atom. The van der Waals surface area contributed by atoms with Gasteiger partial charge in [0.05, 0.1) is 37.4 Å². The van der Waals surface area contributed by atoms with Crippen molar-refractivity contribution in [2.75, 3.05) is 39.5 Å². The van der Waals surface area contributed by atoms with Crippen LogP contribution < -0.4 is 0 Å². The van der Waals surface area contributed by atoms with E-state index >= 15 is 0 Å². The number of unbranched alkanes of at least 4 members (excludes halogenated alkanes) is 3. The lowest BCUT2D eigenvalue weighted by Gasteiger charge is -2.45. The highest BCUT2D eigenvalue weighted by Gasteiger charge is 2.43. The lowest BCUT2D eigenvalue weighted by molar-refractivity contribution is -0.144. The minimum atomic E-state index is -0.395. The van der Waals surface area contributed by atoms with Crippen LogP contribution in [-0.2, 0) is 14.3 Å². The highest BCUT2D eigenvalue weighted by Crippen LogP contribution is 2.48. The quantitative estimate of drug-likeness (QED) is 0.235. The zero-order valence-electron chi connectivity index (χ0n) is 22.5. The van der Waals surface area contributed by atoms with E-state index in [1.807, 2.05) is 0 Å². The Kier molecular flexibility index (Phi) is 12.5. The van der Waals surface area contributed by atoms with E-state index in [0.29, 0.717) is 19.4 Å². The Hall–Kier alpha value is -1.20. The molecule has 3 rings (SSSR count). The molecule has 0 bridgehead atoms. The molecule has 2 N–H and O–H groups in total. The number of carbonyl (C=O) groups excluding carboxylic acids is 1. The van der Waals surface area contributed by atoms with Gasteiger partial charge in [-0.3, -0.25) is 9.69 Å². The summed E-state index contributed by atoms with van der Waals surface area (Å²) in [6.07, 6.45) is 12.5. The van der Waals surface area contributed by atoms with Crippen molar-refractivity contribution in [2.24, 2.45) is 23.2 Å². The first-order valence-corrected chi connectivity index (χ1v) is 14.7. The highest BCUT2D eigenvalue weighted by molar-refractivity contribution is 5.69. The summed E-state index contributed by atoms with van der Waals surface area (Å²) in [5, 5.41) is 31.1. The number of aliphatic hydroxyl groups excluding tert-OH is 2. The van der Waals surface area contributed by atoms with Gasteiger partial charge in [0.25, 0.3) is 0 Å². The van der Waals surface area contributed by atoms with E-state index in [4.69, 9.17) is 9.47 Å². The first-order chi connectivity index (χ1) is 17.5. The Morgan fingerprint density at radius 2 is 1.86 bits per heavy atom. The van der Waals surface area contributed by atoms with Crippen LogP contribution in [0, 0.1) is 34.5 Å². The second-order valence-corrected chi connectivity index (χ2v) is 11.5. The van der Waals surface area contributed by atoms with Crippen molar-refractivity contribution in [1.82, 2.24) is 4.90 Å². The maximum absolute atomic E-state index is 12.0. The van der Waals surface area contributed by atoms with Crippen LogP contribution in [0.5, 0.6) is 0 Å². The summed E-state index contributed by atoms with van der Waals surface area (Å²) in [5.74, 6) is 0.240. The van der Waals surface area contributed by atoms with Crippen LogP contribution in [0.15, 0.2) is 0 Å². The molecule has 1 aliphatic heterocycles.